The van der Waals surface area contributed by atoms with E-state index >= 15 is 0 Å². The van der Waals surface area contributed by atoms with E-state index in [0.717, 1.165) is 30.8 Å². The second-order valence-electron chi connectivity index (χ2n) is 4.02. The van der Waals surface area contributed by atoms with Crippen LogP contribution in [0.3, 0.4) is 0 Å². The molecule has 0 bridgehead atoms. The molecule has 1 aromatic rings. The summed E-state index contributed by atoms with van der Waals surface area (Å²) in [4.78, 5) is 14.8. The van der Waals surface area contributed by atoms with E-state index in [9.17, 15) is 4.79 Å². The van der Waals surface area contributed by atoms with Crippen molar-refractivity contribution in [3.8, 4) is 0 Å². The molecule has 82 valence electrons. The molecule has 0 radical (unpaired) electrons. The highest BCUT2D eigenvalue weighted by atomic mass is 35.5. The van der Waals surface area contributed by atoms with E-state index in [2.05, 4.69) is 4.98 Å². The molecule has 0 fully saturated rings. The third kappa shape index (κ3) is 2.00. The van der Waals surface area contributed by atoms with E-state index < -0.39 is 5.97 Å². The summed E-state index contributed by atoms with van der Waals surface area (Å²) in [6.45, 7) is 2.70. The van der Waals surface area contributed by atoms with Crippen molar-refractivity contribution < 1.29 is 9.90 Å². The number of carboxylic acids is 1. The molecule has 1 aromatic heterocycles. The Morgan fingerprint density at radius 2 is 2.47 bits per heavy atom. The number of rotatable bonds is 2. The minimum Gasteiger partial charge on any atom is -0.481 e. The number of nitrogens with zero attached hydrogens (tertiary/aromatic N) is 2. The fraction of sp³-hybridized carbons (Fsp3) is 0.600. The van der Waals surface area contributed by atoms with Gasteiger partial charge >= 0.3 is 5.97 Å². The molecule has 1 atom stereocenters. The summed E-state index contributed by atoms with van der Waals surface area (Å²) in [5.74, 6) is -0.502. The van der Waals surface area contributed by atoms with Gasteiger partial charge in [0.2, 0.25) is 5.28 Å². The van der Waals surface area contributed by atoms with Crippen LogP contribution in [-0.4, -0.2) is 20.6 Å². The van der Waals surface area contributed by atoms with Crippen LogP contribution in [0.25, 0.3) is 0 Å². The lowest BCUT2D eigenvalue weighted by Gasteiger charge is -2.23. The Hall–Kier alpha value is -1.03. The Morgan fingerprint density at radius 3 is 3.13 bits per heavy atom. The largest absolute Gasteiger partial charge is 0.481 e. The quantitative estimate of drug-likeness (QED) is 0.841. The number of aliphatic carboxylic acids is 1. The molecule has 1 aliphatic rings. The van der Waals surface area contributed by atoms with E-state index in [4.69, 9.17) is 16.7 Å². The van der Waals surface area contributed by atoms with E-state index in [0.29, 0.717) is 5.28 Å². The SMILES string of the molecule is Cc1nc(Cl)n2c1CC(CC(=O)O)CC2. The van der Waals surface area contributed by atoms with Gasteiger partial charge in [0, 0.05) is 18.7 Å². The normalized spacial score (nSPS) is 20.0. The molecule has 1 unspecified atom stereocenters. The summed E-state index contributed by atoms with van der Waals surface area (Å²) < 4.78 is 1.98. The number of aromatic nitrogens is 2. The molecule has 0 aliphatic carbocycles. The molecule has 4 nitrogen and oxygen atoms in total. The molecule has 0 amide bonds. The van der Waals surface area contributed by atoms with Crippen LogP contribution >= 0.6 is 11.6 Å². The average Bonchev–Trinajstić information content (AvgIpc) is 2.41. The molecule has 15 heavy (non-hydrogen) atoms. The van der Waals surface area contributed by atoms with Gasteiger partial charge in [-0.05, 0) is 37.3 Å². The molecule has 2 rings (SSSR count). The van der Waals surface area contributed by atoms with Crippen LogP contribution in [0.1, 0.15) is 24.2 Å². The maximum absolute atomic E-state index is 10.6. The standard InChI is InChI=1S/C10H13ClN2O2/c1-6-8-4-7(5-9(14)15)2-3-13(8)10(11)12-6/h7H,2-5H2,1H3,(H,14,15). The minimum absolute atomic E-state index is 0.224. The lowest BCUT2D eigenvalue weighted by atomic mass is 9.92. The smallest absolute Gasteiger partial charge is 0.303 e. The van der Waals surface area contributed by atoms with Crippen LogP contribution in [0.15, 0.2) is 0 Å². The fourth-order valence-electron chi connectivity index (χ4n) is 2.16. The van der Waals surface area contributed by atoms with E-state index in [-0.39, 0.29) is 12.3 Å². The van der Waals surface area contributed by atoms with Gasteiger partial charge < -0.3 is 9.67 Å². The average molecular weight is 229 g/mol. The number of carbonyl (C=O) groups is 1. The molecule has 2 heterocycles. The van der Waals surface area contributed by atoms with Gasteiger partial charge in [0.15, 0.2) is 0 Å². The third-order valence-electron chi connectivity index (χ3n) is 2.93. The van der Waals surface area contributed by atoms with Gasteiger partial charge in [-0.2, -0.15) is 0 Å². The number of hydrogen-bond donors (Lipinski definition) is 1. The first kappa shape index (κ1) is 10.5. The number of halogens is 1. The summed E-state index contributed by atoms with van der Waals surface area (Å²) in [7, 11) is 0. The van der Waals surface area contributed by atoms with Crippen molar-refractivity contribution in [2.24, 2.45) is 5.92 Å². The lowest BCUT2D eigenvalue weighted by molar-refractivity contribution is -0.138. The van der Waals surface area contributed by atoms with Gasteiger partial charge in [-0.3, -0.25) is 4.79 Å². The number of fused-ring (bicyclic) bond motifs is 1. The molecular formula is C10H13ClN2O2. The van der Waals surface area contributed by atoms with Crippen molar-refractivity contribution >= 4 is 17.6 Å². The second kappa shape index (κ2) is 3.85. The summed E-state index contributed by atoms with van der Waals surface area (Å²) >= 11 is 5.95. The maximum Gasteiger partial charge on any atom is 0.303 e. The topological polar surface area (TPSA) is 55.1 Å². The first-order valence-electron chi connectivity index (χ1n) is 5.01. The van der Waals surface area contributed by atoms with Gasteiger partial charge in [-0.1, -0.05) is 0 Å². The fourth-order valence-corrected chi connectivity index (χ4v) is 2.48. The summed E-state index contributed by atoms with van der Waals surface area (Å²) in [6.07, 6.45) is 1.88. The minimum atomic E-state index is -0.725. The van der Waals surface area contributed by atoms with Crippen molar-refractivity contribution in [2.45, 2.75) is 32.7 Å². The Kier molecular flexibility index (Phi) is 2.69. The molecule has 5 heteroatoms. The first-order chi connectivity index (χ1) is 7.08. The van der Waals surface area contributed by atoms with Crippen LogP contribution in [0, 0.1) is 12.8 Å². The maximum atomic E-state index is 10.6. The van der Waals surface area contributed by atoms with Crippen LogP contribution in [0.5, 0.6) is 0 Å². The number of carboxylic acid groups (broad SMARTS) is 1. The van der Waals surface area contributed by atoms with Gasteiger partial charge in [-0.25, -0.2) is 4.98 Å². The number of imidazole rings is 1. The molecule has 0 saturated carbocycles. The molecule has 1 N–H and O–H groups in total. The molecule has 0 spiro atoms. The molecule has 1 aliphatic heterocycles. The Bertz CT molecular complexity index is 400. The lowest BCUT2D eigenvalue weighted by Crippen LogP contribution is -2.21. The zero-order valence-corrected chi connectivity index (χ0v) is 9.29. The number of hydrogen-bond acceptors (Lipinski definition) is 2. The highest BCUT2D eigenvalue weighted by Crippen LogP contribution is 2.28. The van der Waals surface area contributed by atoms with Crippen LogP contribution in [0.2, 0.25) is 5.28 Å². The monoisotopic (exact) mass is 228 g/mol. The van der Waals surface area contributed by atoms with Crippen molar-refractivity contribution in [3.63, 3.8) is 0 Å². The van der Waals surface area contributed by atoms with Crippen molar-refractivity contribution in [2.75, 3.05) is 0 Å². The summed E-state index contributed by atoms with van der Waals surface area (Å²) in [5, 5.41) is 9.26. The summed E-state index contributed by atoms with van der Waals surface area (Å²) in [6, 6.07) is 0. The summed E-state index contributed by atoms with van der Waals surface area (Å²) in [5.41, 5.74) is 2.02. The van der Waals surface area contributed by atoms with Crippen molar-refractivity contribution in [1.82, 2.24) is 9.55 Å². The van der Waals surface area contributed by atoms with Crippen LogP contribution < -0.4 is 0 Å². The van der Waals surface area contributed by atoms with Crippen LogP contribution in [0.4, 0.5) is 0 Å². The highest BCUT2D eigenvalue weighted by molar-refractivity contribution is 6.28. The van der Waals surface area contributed by atoms with Crippen molar-refractivity contribution in [1.29, 1.82) is 0 Å². The zero-order chi connectivity index (χ0) is 11.0. The predicted octanol–water partition coefficient (Wildman–Crippen LogP) is 1.88. The second-order valence-corrected chi connectivity index (χ2v) is 4.36. The molecule has 0 saturated heterocycles. The highest BCUT2D eigenvalue weighted by Gasteiger charge is 2.24. The van der Waals surface area contributed by atoms with Gasteiger partial charge in [0.25, 0.3) is 0 Å². The Labute approximate surface area is 92.9 Å². The number of aryl methyl sites for hydroxylation is 1. The zero-order valence-electron chi connectivity index (χ0n) is 8.53. The van der Waals surface area contributed by atoms with E-state index in [1.165, 1.54) is 0 Å². The Balaban J connectivity index is 2.19. The first-order valence-corrected chi connectivity index (χ1v) is 5.39. The van der Waals surface area contributed by atoms with Crippen molar-refractivity contribution in [3.05, 3.63) is 16.7 Å². The van der Waals surface area contributed by atoms with E-state index in [1.54, 1.807) is 0 Å². The Morgan fingerprint density at radius 1 is 1.73 bits per heavy atom. The predicted molar refractivity (Wildman–Crippen MR) is 56.0 cm³/mol. The molecular weight excluding hydrogens is 216 g/mol. The molecule has 0 aromatic carbocycles. The van der Waals surface area contributed by atoms with Gasteiger partial charge in [0.1, 0.15) is 0 Å². The van der Waals surface area contributed by atoms with E-state index in [1.807, 2.05) is 11.5 Å². The van der Waals surface area contributed by atoms with Crippen LogP contribution in [-0.2, 0) is 17.8 Å². The van der Waals surface area contributed by atoms with Gasteiger partial charge in [0.05, 0.1) is 5.69 Å². The van der Waals surface area contributed by atoms with Gasteiger partial charge in [-0.15, -0.1) is 0 Å². The third-order valence-corrected chi connectivity index (χ3v) is 3.22.